The summed E-state index contributed by atoms with van der Waals surface area (Å²) in [5.41, 5.74) is 2.17. The molecule has 2 heterocycles. The lowest BCUT2D eigenvalue weighted by molar-refractivity contribution is -0.137. The van der Waals surface area contributed by atoms with Gasteiger partial charge in [-0.15, -0.1) is 23.1 Å². The molecule has 0 amide bonds. The summed E-state index contributed by atoms with van der Waals surface area (Å²) in [5, 5.41) is 3.32. The van der Waals surface area contributed by atoms with E-state index < -0.39 is 11.7 Å². The Kier molecular flexibility index (Phi) is 4.79. The number of oxazole rings is 1. The Balaban J connectivity index is 1.42. The SMILES string of the molecule is FC(F)(F)c1ccc(-c2nc3cccc(CSc4ccc5ccsc5c4)c3o2)cc1. The Bertz CT molecular complexity index is 1340. The van der Waals surface area contributed by atoms with Crippen LogP contribution in [0, 0.1) is 0 Å². The van der Waals surface area contributed by atoms with Crippen molar-refractivity contribution in [2.45, 2.75) is 16.8 Å². The van der Waals surface area contributed by atoms with Crippen LogP contribution >= 0.6 is 23.1 Å². The number of hydrogen-bond acceptors (Lipinski definition) is 4. The second kappa shape index (κ2) is 7.49. The topological polar surface area (TPSA) is 26.0 Å². The molecular weight excluding hydrogens is 427 g/mol. The lowest BCUT2D eigenvalue weighted by atomic mass is 10.1. The lowest BCUT2D eigenvalue weighted by Gasteiger charge is -2.06. The van der Waals surface area contributed by atoms with Crippen molar-refractivity contribution in [1.82, 2.24) is 4.98 Å². The van der Waals surface area contributed by atoms with Gasteiger partial charge in [-0.3, -0.25) is 0 Å². The number of aromatic nitrogens is 1. The zero-order chi connectivity index (χ0) is 20.7. The Labute approximate surface area is 178 Å². The molecule has 2 aromatic heterocycles. The second-order valence-electron chi connectivity index (χ2n) is 6.77. The smallest absolute Gasteiger partial charge is 0.416 e. The van der Waals surface area contributed by atoms with E-state index in [4.69, 9.17) is 4.42 Å². The van der Waals surface area contributed by atoms with E-state index >= 15 is 0 Å². The van der Waals surface area contributed by atoms with Gasteiger partial charge in [-0.25, -0.2) is 4.98 Å². The quantitative estimate of drug-likeness (QED) is 0.264. The van der Waals surface area contributed by atoms with Crippen molar-refractivity contribution in [3.63, 3.8) is 0 Å². The summed E-state index contributed by atoms with van der Waals surface area (Å²) in [6, 6.07) is 19.1. The average molecular weight is 441 g/mol. The number of thiophene rings is 1. The molecule has 150 valence electrons. The normalized spacial score (nSPS) is 12.1. The largest absolute Gasteiger partial charge is 0.436 e. The maximum atomic E-state index is 12.8. The fourth-order valence-electron chi connectivity index (χ4n) is 3.23. The van der Waals surface area contributed by atoms with Gasteiger partial charge in [0.05, 0.1) is 5.56 Å². The van der Waals surface area contributed by atoms with Crippen LogP contribution in [0.5, 0.6) is 0 Å². The number of hydrogen-bond donors (Lipinski definition) is 0. The number of thioether (sulfide) groups is 1. The molecule has 2 nitrogen and oxygen atoms in total. The average Bonchev–Trinajstić information content (AvgIpc) is 3.38. The van der Waals surface area contributed by atoms with E-state index in [2.05, 4.69) is 34.6 Å². The first-order valence-electron chi connectivity index (χ1n) is 9.13. The number of nitrogens with zero attached hydrogens (tertiary/aromatic N) is 1. The van der Waals surface area contributed by atoms with Crippen LogP contribution in [-0.4, -0.2) is 4.98 Å². The van der Waals surface area contributed by atoms with E-state index in [-0.39, 0.29) is 0 Å². The molecular formula is C23H14F3NOS2. The van der Waals surface area contributed by atoms with Crippen molar-refractivity contribution in [2.24, 2.45) is 0 Å². The molecule has 0 bridgehead atoms. The second-order valence-corrected chi connectivity index (χ2v) is 8.76. The molecule has 0 saturated carbocycles. The van der Waals surface area contributed by atoms with Crippen LogP contribution in [0.1, 0.15) is 11.1 Å². The number of para-hydroxylation sites is 1. The molecule has 0 aliphatic heterocycles. The van der Waals surface area contributed by atoms with Crippen LogP contribution < -0.4 is 0 Å². The number of fused-ring (bicyclic) bond motifs is 2. The molecule has 0 spiro atoms. The van der Waals surface area contributed by atoms with Gasteiger partial charge in [0.25, 0.3) is 0 Å². The summed E-state index contributed by atoms with van der Waals surface area (Å²) in [6.07, 6.45) is -4.36. The highest BCUT2D eigenvalue weighted by Gasteiger charge is 2.30. The molecule has 5 rings (SSSR count). The highest BCUT2D eigenvalue weighted by atomic mass is 32.2. The Morgan fingerprint density at radius 3 is 2.60 bits per heavy atom. The maximum absolute atomic E-state index is 12.8. The molecule has 0 atom stereocenters. The van der Waals surface area contributed by atoms with Gasteiger partial charge in [-0.1, -0.05) is 18.2 Å². The molecule has 0 radical (unpaired) electrons. The van der Waals surface area contributed by atoms with E-state index in [1.54, 1.807) is 23.1 Å². The van der Waals surface area contributed by atoms with Gasteiger partial charge in [0, 0.05) is 26.5 Å². The number of benzene rings is 3. The molecule has 3 aromatic carbocycles. The minimum Gasteiger partial charge on any atom is -0.436 e. The first kappa shape index (κ1) is 19.2. The number of rotatable bonds is 4. The van der Waals surface area contributed by atoms with Crippen molar-refractivity contribution in [1.29, 1.82) is 0 Å². The zero-order valence-corrected chi connectivity index (χ0v) is 17.1. The Hall–Kier alpha value is -2.77. The van der Waals surface area contributed by atoms with Crippen LogP contribution in [0.2, 0.25) is 0 Å². The minimum atomic E-state index is -4.36. The maximum Gasteiger partial charge on any atom is 0.416 e. The van der Waals surface area contributed by atoms with E-state index in [9.17, 15) is 13.2 Å². The van der Waals surface area contributed by atoms with Crippen molar-refractivity contribution >= 4 is 44.3 Å². The van der Waals surface area contributed by atoms with Crippen molar-refractivity contribution in [2.75, 3.05) is 0 Å². The van der Waals surface area contributed by atoms with Crippen LogP contribution in [0.4, 0.5) is 13.2 Å². The van der Waals surface area contributed by atoms with Crippen molar-refractivity contribution in [3.05, 3.63) is 83.2 Å². The van der Waals surface area contributed by atoms with Gasteiger partial charge in [0.1, 0.15) is 5.52 Å². The van der Waals surface area contributed by atoms with Gasteiger partial charge in [0.15, 0.2) is 5.58 Å². The lowest BCUT2D eigenvalue weighted by Crippen LogP contribution is -2.03. The number of alkyl halides is 3. The van der Waals surface area contributed by atoms with Crippen LogP contribution in [-0.2, 0) is 11.9 Å². The van der Waals surface area contributed by atoms with E-state index in [1.165, 1.54) is 27.1 Å². The van der Waals surface area contributed by atoms with Gasteiger partial charge in [-0.2, -0.15) is 13.2 Å². The van der Waals surface area contributed by atoms with Gasteiger partial charge < -0.3 is 4.42 Å². The van der Waals surface area contributed by atoms with Crippen LogP contribution in [0.15, 0.2) is 81.4 Å². The minimum absolute atomic E-state index is 0.316. The van der Waals surface area contributed by atoms with E-state index in [0.717, 1.165) is 17.7 Å². The summed E-state index contributed by atoms with van der Waals surface area (Å²) < 4.78 is 45.6. The molecule has 5 aromatic rings. The standard InChI is InChI=1S/C23H14F3NOS2/c24-23(25,26)17-7-4-15(5-8-17)22-27-19-3-1-2-16(21(19)28-22)13-30-18-9-6-14-10-11-29-20(14)12-18/h1-12H,13H2. The molecule has 0 N–H and O–H groups in total. The fourth-order valence-corrected chi connectivity index (χ4v) is 5.05. The van der Waals surface area contributed by atoms with Crippen LogP contribution in [0.25, 0.3) is 32.6 Å². The monoisotopic (exact) mass is 441 g/mol. The summed E-state index contributed by atoms with van der Waals surface area (Å²) in [5.74, 6) is 1.02. The van der Waals surface area contributed by atoms with E-state index in [0.29, 0.717) is 28.3 Å². The molecule has 30 heavy (non-hydrogen) atoms. The predicted octanol–water partition coefficient (Wildman–Crippen LogP) is 8.02. The van der Waals surface area contributed by atoms with Crippen LogP contribution in [0.3, 0.4) is 0 Å². The third-order valence-electron chi connectivity index (χ3n) is 4.78. The van der Waals surface area contributed by atoms with Gasteiger partial charge in [0.2, 0.25) is 5.89 Å². The highest BCUT2D eigenvalue weighted by molar-refractivity contribution is 7.98. The predicted molar refractivity (Wildman–Crippen MR) is 116 cm³/mol. The third kappa shape index (κ3) is 3.70. The zero-order valence-electron chi connectivity index (χ0n) is 15.4. The molecule has 7 heteroatoms. The molecule has 0 unspecified atom stereocenters. The Morgan fingerprint density at radius 1 is 0.967 bits per heavy atom. The fraction of sp³-hybridized carbons (Fsp3) is 0.0870. The highest BCUT2D eigenvalue weighted by Crippen LogP contribution is 2.34. The number of halogens is 3. The summed E-state index contributed by atoms with van der Waals surface area (Å²) >= 11 is 3.43. The summed E-state index contributed by atoms with van der Waals surface area (Å²) in [7, 11) is 0. The first-order valence-corrected chi connectivity index (χ1v) is 11.0. The summed E-state index contributed by atoms with van der Waals surface area (Å²) in [4.78, 5) is 5.64. The molecule has 0 aliphatic rings. The van der Waals surface area contributed by atoms with Gasteiger partial charge in [-0.05, 0) is 59.3 Å². The van der Waals surface area contributed by atoms with Crippen molar-refractivity contribution < 1.29 is 17.6 Å². The Morgan fingerprint density at radius 2 is 1.80 bits per heavy atom. The third-order valence-corrected chi connectivity index (χ3v) is 6.70. The van der Waals surface area contributed by atoms with E-state index in [1.807, 2.05) is 18.2 Å². The summed E-state index contributed by atoms with van der Waals surface area (Å²) in [6.45, 7) is 0. The molecule has 0 saturated heterocycles. The molecule has 0 fully saturated rings. The van der Waals surface area contributed by atoms with Crippen molar-refractivity contribution in [3.8, 4) is 11.5 Å². The first-order chi connectivity index (χ1) is 14.5. The molecule has 0 aliphatic carbocycles. The van der Waals surface area contributed by atoms with Gasteiger partial charge >= 0.3 is 6.18 Å².